The molecule has 0 bridgehead atoms. The van der Waals surface area contributed by atoms with Crippen LogP contribution >= 0.6 is 11.6 Å². The van der Waals surface area contributed by atoms with E-state index in [-0.39, 0.29) is 0 Å². The van der Waals surface area contributed by atoms with Gasteiger partial charge >= 0.3 is 0 Å². The van der Waals surface area contributed by atoms with Crippen LogP contribution in [0.4, 0.5) is 0 Å². The van der Waals surface area contributed by atoms with Crippen molar-refractivity contribution >= 4 is 22.4 Å². The van der Waals surface area contributed by atoms with E-state index in [2.05, 4.69) is 18.2 Å². The van der Waals surface area contributed by atoms with E-state index in [4.69, 9.17) is 11.6 Å². The lowest BCUT2D eigenvalue weighted by Crippen LogP contribution is -1.90. The van der Waals surface area contributed by atoms with Crippen molar-refractivity contribution in [2.45, 2.75) is 12.8 Å². The highest BCUT2D eigenvalue weighted by Crippen LogP contribution is 2.21. The Labute approximate surface area is 94.1 Å². The van der Waals surface area contributed by atoms with E-state index in [0.29, 0.717) is 5.56 Å². The van der Waals surface area contributed by atoms with Gasteiger partial charge in [-0.25, -0.2) is 0 Å². The number of halogens is 1. The molecule has 0 fully saturated rings. The largest absolute Gasteiger partial charge is 0.276 e. The minimum Gasteiger partial charge on any atom is -0.276 e. The first kappa shape index (κ1) is 10.2. The topological polar surface area (TPSA) is 17.1 Å². The molecule has 1 nitrogen and oxygen atoms in total. The van der Waals surface area contributed by atoms with E-state index in [1.54, 1.807) is 12.1 Å². The maximum absolute atomic E-state index is 10.9. The van der Waals surface area contributed by atoms with Crippen molar-refractivity contribution in [1.82, 2.24) is 0 Å². The van der Waals surface area contributed by atoms with Crippen LogP contribution in [-0.4, -0.2) is 5.24 Å². The molecule has 0 saturated heterocycles. The molecule has 0 heterocycles. The Kier molecular flexibility index (Phi) is 3.02. The number of hydrogen-bond acceptors (Lipinski definition) is 1. The van der Waals surface area contributed by atoms with E-state index in [0.717, 1.165) is 18.4 Å². The molecule has 0 amide bonds. The second-order valence-corrected chi connectivity index (χ2v) is 3.83. The Morgan fingerprint density at radius 1 is 1.13 bits per heavy atom. The summed E-state index contributed by atoms with van der Waals surface area (Å²) >= 11 is 5.37. The van der Waals surface area contributed by atoms with Crippen LogP contribution < -0.4 is 0 Å². The van der Waals surface area contributed by atoms with Crippen LogP contribution in [0, 0.1) is 0 Å². The predicted molar refractivity (Wildman–Crippen MR) is 63.0 cm³/mol. The normalized spacial score (nSPS) is 14.9. The fourth-order valence-electron chi connectivity index (χ4n) is 1.62. The lowest BCUT2D eigenvalue weighted by atomic mass is 9.99. The van der Waals surface area contributed by atoms with Crippen LogP contribution in [0.15, 0.2) is 42.5 Å². The Balaban J connectivity index is 2.27. The van der Waals surface area contributed by atoms with Crippen LogP contribution in [0.5, 0.6) is 0 Å². The summed E-state index contributed by atoms with van der Waals surface area (Å²) in [5.41, 5.74) is 2.89. The van der Waals surface area contributed by atoms with Crippen molar-refractivity contribution in [3.63, 3.8) is 0 Å². The fourth-order valence-corrected chi connectivity index (χ4v) is 1.75. The minimum absolute atomic E-state index is 0.408. The molecule has 0 unspecified atom stereocenters. The zero-order valence-electron chi connectivity index (χ0n) is 8.24. The van der Waals surface area contributed by atoms with Crippen molar-refractivity contribution in [3.05, 3.63) is 53.6 Å². The summed E-state index contributed by atoms with van der Waals surface area (Å²) in [6.07, 6.45) is 8.68. The van der Waals surface area contributed by atoms with Crippen LogP contribution in [0.2, 0.25) is 0 Å². The summed E-state index contributed by atoms with van der Waals surface area (Å²) in [6.45, 7) is 0. The van der Waals surface area contributed by atoms with Crippen LogP contribution in [0.3, 0.4) is 0 Å². The molecule has 0 spiro atoms. The zero-order chi connectivity index (χ0) is 10.7. The molecular weight excluding hydrogens is 208 g/mol. The molecule has 1 aliphatic carbocycles. The number of benzene rings is 1. The highest BCUT2D eigenvalue weighted by Gasteiger charge is 2.03. The molecule has 1 aromatic rings. The quantitative estimate of drug-likeness (QED) is 0.690. The molecule has 1 aliphatic rings. The van der Waals surface area contributed by atoms with Crippen molar-refractivity contribution < 1.29 is 4.79 Å². The zero-order valence-corrected chi connectivity index (χ0v) is 9.00. The lowest BCUT2D eigenvalue weighted by molar-refractivity contribution is 0.108. The van der Waals surface area contributed by atoms with Gasteiger partial charge in [-0.05, 0) is 47.7 Å². The van der Waals surface area contributed by atoms with E-state index in [9.17, 15) is 4.79 Å². The first-order valence-corrected chi connectivity index (χ1v) is 5.32. The maximum Gasteiger partial charge on any atom is 0.252 e. The Bertz CT molecular complexity index is 426. The molecule has 0 saturated carbocycles. The molecule has 0 radical (unpaired) electrons. The monoisotopic (exact) mass is 218 g/mol. The van der Waals surface area contributed by atoms with Gasteiger partial charge in [-0.2, -0.15) is 0 Å². The van der Waals surface area contributed by atoms with Crippen LogP contribution in [0.25, 0.3) is 5.57 Å². The van der Waals surface area contributed by atoms with Crippen LogP contribution in [-0.2, 0) is 0 Å². The average Bonchev–Trinajstić information content (AvgIpc) is 2.30. The fraction of sp³-hybridized carbons (Fsp3) is 0.154. The molecule has 0 N–H and O–H groups in total. The third-order valence-electron chi connectivity index (χ3n) is 2.44. The first-order valence-electron chi connectivity index (χ1n) is 4.94. The highest BCUT2D eigenvalue weighted by atomic mass is 35.5. The third-order valence-corrected chi connectivity index (χ3v) is 2.66. The van der Waals surface area contributed by atoms with Gasteiger partial charge in [0, 0.05) is 5.56 Å². The van der Waals surface area contributed by atoms with Crippen molar-refractivity contribution in [2.75, 3.05) is 0 Å². The van der Waals surface area contributed by atoms with Gasteiger partial charge in [-0.15, -0.1) is 0 Å². The van der Waals surface area contributed by atoms with Gasteiger partial charge < -0.3 is 0 Å². The van der Waals surface area contributed by atoms with Crippen LogP contribution in [0.1, 0.15) is 28.8 Å². The Morgan fingerprint density at radius 2 is 1.87 bits per heavy atom. The lowest BCUT2D eigenvalue weighted by Gasteiger charge is -2.07. The molecule has 1 aromatic carbocycles. The number of carbonyl (C=O) groups excluding carboxylic acids is 1. The summed E-state index contributed by atoms with van der Waals surface area (Å²) in [4.78, 5) is 10.9. The summed E-state index contributed by atoms with van der Waals surface area (Å²) in [5, 5.41) is -0.408. The van der Waals surface area contributed by atoms with E-state index >= 15 is 0 Å². The van der Waals surface area contributed by atoms with E-state index < -0.39 is 5.24 Å². The molecule has 76 valence electrons. The molecule has 0 atom stereocenters. The van der Waals surface area contributed by atoms with Gasteiger partial charge in [-0.3, -0.25) is 4.79 Å². The van der Waals surface area contributed by atoms with Gasteiger partial charge in [0.2, 0.25) is 0 Å². The predicted octanol–water partition coefficient (Wildman–Crippen LogP) is 3.80. The summed E-state index contributed by atoms with van der Waals surface area (Å²) in [5.74, 6) is 0. The second-order valence-electron chi connectivity index (χ2n) is 3.49. The average molecular weight is 219 g/mol. The van der Waals surface area contributed by atoms with Crippen molar-refractivity contribution in [2.24, 2.45) is 0 Å². The third kappa shape index (κ3) is 2.37. The second kappa shape index (κ2) is 4.45. The van der Waals surface area contributed by atoms with Gasteiger partial charge in [0.15, 0.2) is 0 Å². The summed E-state index contributed by atoms with van der Waals surface area (Å²) in [7, 11) is 0. The SMILES string of the molecule is O=C(Cl)c1ccc(C2=CCCC=C2)cc1. The molecule has 2 heteroatoms. The van der Waals surface area contributed by atoms with Gasteiger partial charge in [0.25, 0.3) is 5.24 Å². The summed E-state index contributed by atoms with van der Waals surface area (Å²) in [6, 6.07) is 7.37. The van der Waals surface area contributed by atoms with E-state index in [1.807, 2.05) is 12.1 Å². The maximum atomic E-state index is 10.9. The van der Waals surface area contributed by atoms with Gasteiger partial charge in [0.05, 0.1) is 0 Å². The highest BCUT2D eigenvalue weighted by molar-refractivity contribution is 6.67. The Morgan fingerprint density at radius 3 is 2.40 bits per heavy atom. The Hall–Kier alpha value is -1.34. The van der Waals surface area contributed by atoms with Gasteiger partial charge in [0.1, 0.15) is 0 Å². The molecule has 15 heavy (non-hydrogen) atoms. The first-order chi connectivity index (χ1) is 7.27. The molecular formula is C13H11ClO. The summed E-state index contributed by atoms with van der Waals surface area (Å²) < 4.78 is 0. The van der Waals surface area contributed by atoms with Gasteiger partial charge in [-0.1, -0.05) is 30.4 Å². The number of rotatable bonds is 2. The molecule has 2 rings (SSSR count). The number of hydrogen-bond donors (Lipinski definition) is 0. The standard InChI is InChI=1S/C13H11ClO/c14-13(15)12-8-6-11(7-9-12)10-4-2-1-3-5-10/h2,4-9H,1,3H2. The van der Waals surface area contributed by atoms with Crippen molar-refractivity contribution in [3.8, 4) is 0 Å². The van der Waals surface area contributed by atoms with E-state index in [1.165, 1.54) is 5.57 Å². The van der Waals surface area contributed by atoms with Crippen molar-refractivity contribution in [1.29, 1.82) is 0 Å². The minimum atomic E-state index is -0.408. The number of carbonyl (C=O) groups is 1. The molecule has 0 aromatic heterocycles. The molecule has 0 aliphatic heterocycles. The smallest absolute Gasteiger partial charge is 0.252 e. The number of allylic oxidation sites excluding steroid dienone is 4.